The van der Waals surface area contributed by atoms with Crippen molar-refractivity contribution in [3.63, 3.8) is 0 Å². The number of aromatic nitrogens is 2. The van der Waals surface area contributed by atoms with Crippen LogP contribution in [0.2, 0.25) is 0 Å². The minimum atomic E-state index is -0.692. The van der Waals surface area contributed by atoms with Gasteiger partial charge in [-0.05, 0) is 18.2 Å². The minimum absolute atomic E-state index is 0.136. The van der Waals surface area contributed by atoms with Crippen LogP contribution in [-0.2, 0) is 22.6 Å². The summed E-state index contributed by atoms with van der Waals surface area (Å²) in [6.07, 6.45) is 0.922. The topological polar surface area (TPSA) is 78.5 Å². The molecule has 166 valence electrons. The zero-order valence-corrected chi connectivity index (χ0v) is 17.7. The van der Waals surface area contributed by atoms with Gasteiger partial charge in [0.05, 0.1) is 24.1 Å². The molecule has 7 nitrogen and oxygen atoms in total. The maximum Gasteiger partial charge on any atom is 0.258 e. The number of hydrogen-bond donors (Lipinski definition) is 1. The standard InChI is InChI=1S/C24H25FN4O3/c1-2-11-29(14-17-7-3-5-9-19(17)25)24(31)21-15-28(12-13-32-21)16-22-26-20-10-6-4-8-18(20)23(30)27-22/h2-10,21H,1,11-16H2,(H,26,27,30). The number of H-pyrrole nitrogens is 1. The normalized spacial score (nSPS) is 16.7. The molecule has 1 fully saturated rings. The van der Waals surface area contributed by atoms with Crippen molar-refractivity contribution in [3.8, 4) is 0 Å². The number of nitrogens with zero attached hydrogens (tertiary/aromatic N) is 3. The summed E-state index contributed by atoms with van der Waals surface area (Å²) in [4.78, 5) is 36.4. The lowest BCUT2D eigenvalue weighted by Gasteiger charge is -2.34. The Bertz CT molecular complexity index is 1180. The highest BCUT2D eigenvalue weighted by Crippen LogP contribution is 2.15. The van der Waals surface area contributed by atoms with Crippen LogP contribution in [0.15, 0.2) is 66.0 Å². The van der Waals surface area contributed by atoms with E-state index in [1.54, 1.807) is 42.5 Å². The highest BCUT2D eigenvalue weighted by molar-refractivity contribution is 5.81. The van der Waals surface area contributed by atoms with Crippen LogP contribution in [0, 0.1) is 5.82 Å². The number of hydrogen-bond acceptors (Lipinski definition) is 5. The van der Waals surface area contributed by atoms with Crippen molar-refractivity contribution in [2.24, 2.45) is 0 Å². The minimum Gasteiger partial charge on any atom is -0.366 e. The number of benzene rings is 2. The van der Waals surface area contributed by atoms with Crippen molar-refractivity contribution in [2.45, 2.75) is 19.2 Å². The summed E-state index contributed by atoms with van der Waals surface area (Å²) in [6.45, 7) is 5.85. The fraction of sp³-hybridized carbons (Fsp3) is 0.292. The number of fused-ring (bicyclic) bond motifs is 1. The van der Waals surface area contributed by atoms with E-state index in [9.17, 15) is 14.0 Å². The van der Waals surface area contributed by atoms with Gasteiger partial charge < -0.3 is 14.6 Å². The van der Waals surface area contributed by atoms with Crippen LogP contribution >= 0.6 is 0 Å². The second-order valence-corrected chi connectivity index (χ2v) is 7.72. The second-order valence-electron chi connectivity index (χ2n) is 7.72. The number of para-hydroxylation sites is 1. The van der Waals surface area contributed by atoms with E-state index in [1.807, 2.05) is 11.0 Å². The van der Waals surface area contributed by atoms with E-state index in [4.69, 9.17) is 4.74 Å². The Hall–Kier alpha value is -3.36. The Balaban J connectivity index is 1.46. The van der Waals surface area contributed by atoms with Gasteiger partial charge in [-0.2, -0.15) is 0 Å². The lowest BCUT2D eigenvalue weighted by molar-refractivity contribution is -0.149. The average Bonchev–Trinajstić information content (AvgIpc) is 2.80. The Labute approximate surface area is 185 Å². The molecular weight excluding hydrogens is 411 g/mol. The lowest BCUT2D eigenvalue weighted by atomic mass is 10.1. The molecule has 3 aromatic rings. The number of ether oxygens (including phenoxy) is 1. The first-order chi connectivity index (χ1) is 15.5. The number of carbonyl (C=O) groups is 1. The number of halogens is 1. The number of morpholine rings is 1. The third-order valence-electron chi connectivity index (χ3n) is 5.44. The molecule has 0 bridgehead atoms. The van der Waals surface area contributed by atoms with Gasteiger partial charge in [0.25, 0.3) is 11.5 Å². The van der Waals surface area contributed by atoms with Gasteiger partial charge in [-0.1, -0.05) is 36.4 Å². The van der Waals surface area contributed by atoms with Crippen LogP contribution in [0.25, 0.3) is 10.9 Å². The van der Waals surface area contributed by atoms with Crippen LogP contribution in [-0.4, -0.2) is 58.0 Å². The SMILES string of the molecule is C=CCN(Cc1ccccc1F)C(=O)C1CN(Cc2nc3ccccc3c(=O)[nH]2)CCO1. The van der Waals surface area contributed by atoms with Crippen molar-refractivity contribution >= 4 is 16.8 Å². The van der Waals surface area contributed by atoms with E-state index >= 15 is 0 Å². The highest BCUT2D eigenvalue weighted by atomic mass is 19.1. The Morgan fingerprint density at radius 1 is 1.28 bits per heavy atom. The molecule has 1 aliphatic heterocycles. The molecule has 8 heteroatoms. The first kappa shape index (κ1) is 21.9. The van der Waals surface area contributed by atoms with Crippen molar-refractivity contribution in [1.82, 2.24) is 19.8 Å². The monoisotopic (exact) mass is 436 g/mol. The Kier molecular flexibility index (Phi) is 6.72. The first-order valence-electron chi connectivity index (χ1n) is 10.5. The van der Waals surface area contributed by atoms with E-state index in [0.29, 0.717) is 48.5 Å². The maximum atomic E-state index is 14.1. The number of nitrogens with one attached hydrogen (secondary N) is 1. The molecule has 2 aromatic carbocycles. The molecule has 0 spiro atoms. The molecular formula is C24H25FN4O3. The molecule has 2 heterocycles. The average molecular weight is 436 g/mol. The number of carbonyl (C=O) groups excluding carboxylic acids is 1. The molecule has 0 aliphatic carbocycles. The zero-order valence-electron chi connectivity index (χ0n) is 17.7. The van der Waals surface area contributed by atoms with Gasteiger partial charge in [0.2, 0.25) is 0 Å². The summed E-state index contributed by atoms with van der Waals surface area (Å²) in [7, 11) is 0. The zero-order chi connectivity index (χ0) is 22.5. The lowest BCUT2D eigenvalue weighted by Crippen LogP contribution is -2.50. The van der Waals surface area contributed by atoms with E-state index in [1.165, 1.54) is 11.0 Å². The summed E-state index contributed by atoms with van der Waals surface area (Å²) >= 11 is 0. The van der Waals surface area contributed by atoms with Crippen molar-refractivity contribution < 1.29 is 13.9 Å². The van der Waals surface area contributed by atoms with Crippen LogP contribution in [0.4, 0.5) is 4.39 Å². The third-order valence-corrected chi connectivity index (χ3v) is 5.44. The second kappa shape index (κ2) is 9.84. The van der Waals surface area contributed by atoms with E-state index in [2.05, 4.69) is 16.5 Å². The molecule has 0 radical (unpaired) electrons. The van der Waals surface area contributed by atoms with E-state index in [0.717, 1.165) is 0 Å². The predicted octanol–water partition coefficient (Wildman–Crippen LogP) is 2.48. The van der Waals surface area contributed by atoms with Crippen molar-refractivity contribution in [3.05, 3.63) is 88.7 Å². The van der Waals surface area contributed by atoms with Crippen LogP contribution < -0.4 is 5.56 Å². The fourth-order valence-corrected chi connectivity index (χ4v) is 3.84. The smallest absolute Gasteiger partial charge is 0.258 e. The molecule has 32 heavy (non-hydrogen) atoms. The molecule has 4 rings (SSSR count). The van der Waals surface area contributed by atoms with Crippen LogP contribution in [0.3, 0.4) is 0 Å². The van der Waals surface area contributed by atoms with E-state index < -0.39 is 6.10 Å². The molecule has 0 saturated carbocycles. The number of amides is 1. The molecule has 1 saturated heterocycles. The number of rotatable bonds is 7. The van der Waals surface area contributed by atoms with Gasteiger partial charge in [0.1, 0.15) is 17.7 Å². The molecule has 1 amide bonds. The molecule has 1 atom stereocenters. The maximum absolute atomic E-state index is 14.1. The number of aromatic amines is 1. The largest absolute Gasteiger partial charge is 0.366 e. The highest BCUT2D eigenvalue weighted by Gasteiger charge is 2.30. The predicted molar refractivity (Wildman–Crippen MR) is 119 cm³/mol. The van der Waals surface area contributed by atoms with E-state index in [-0.39, 0.29) is 30.4 Å². The third kappa shape index (κ3) is 4.92. The summed E-state index contributed by atoms with van der Waals surface area (Å²) < 4.78 is 19.8. The summed E-state index contributed by atoms with van der Waals surface area (Å²) in [5.41, 5.74) is 0.885. The van der Waals surface area contributed by atoms with Gasteiger partial charge in [-0.15, -0.1) is 6.58 Å². The van der Waals surface area contributed by atoms with Crippen LogP contribution in [0.5, 0.6) is 0 Å². The quantitative estimate of drug-likeness (QED) is 0.576. The van der Waals surface area contributed by atoms with Gasteiger partial charge in [-0.25, -0.2) is 9.37 Å². The van der Waals surface area contributed by atoms with Gasteiger partial charge in [0.15, 0.2) is 0 Å². The summed E-state index contributed by atoms with van der Waals surface area (Å²) in [5.74, 6) is -0.0409. The van der Waals surface area contributed by atoms with Gasteiger partial charge in [-0.3, -0.25) is 14.5 Å². The summed E-state index contributed by atoms with van der Waals surface area (Å²) in [6, 6.07) is 13.6. The van der Waals surface area contributed by atoms with Gasteiger partial charge >= 0.3 is 0 Å². The Morgan fingerprint density at radius 3 is 2.88 bits per heavy atom. The molecule has 1 aliphatic rings. The van der Waals surface area contributed by atoms with Crippen LogP contribution in [0.1, 0.15) is 11.4 Å². The molecule has 1 unspecified atom stereocenters. The molecule has 1 aromatic heterocycles. The van der Waals surface area contributed by atoms with Crippen molar-refractivity contribution in [1.29, 1.82) is 0 Å². The van der Waals surface area contributed by atoms with Crippen molar-refractivity contribution in [2.75, 3.05) is 26.2 Å². The molecule has 1 N–H and O–H groups in total. The Morgan fingerprint density at radius 2 is 2.06 bits per heavy atom. The van der Waals surface area contributed by atoms with Gasteiger partial charge in [0, 0.05) is 31.7 Å². The summed E-state index contributed by atoms with van der Waals surface area (Å²) in [5, 5.41) is 0.541. The fourth-order valence-electron chi connectivity index (χ4n) is 3.84. The first-order valence-corrected chi connectivity index (χ1v) is 10.5.